The van der Waals surface area contributed by atoms with E-state index in [1.165, 1.54) is 0 Å². The number of carboxylic acids is 1. The summed E-state index contributed by atoms with van der Waals surface area (Å²) in [7, 11) is 0. The predicted molar refractivity (Wildman–Crippen MR) is 64.0 cm³/mol. The van der Waals surface area contributed by atoms with Crippen LogP contribution in [-0.4, -0.2) is 24.2 Å². The molecule has 0 saturated carbocycles. The largest absolute Gasteiger partial charge is 0.478 e. The molecular weight excluding hydrogens is 240 g/mol. The SMILES string of the molecule is O=C(O)c1cc(F)c(F)cc1N1CCCCCC1. The Hall–Kier alpha value is -1.65. The van der Waals surface area contributed by atoms with Crippen LogP contribution in [0.1, 0.15) is 36.0 Å². The summed E-state index contributed by atoms with van der Waals surface area (Å²) < 4.78 is 26.4. The summed E-state index contributed by atoms with van der Waals surface area (Å²) in [5.74, 6) is -3.35. The molecule has 1 heterocycles. The van der Waals surface area contributed by atoms with E-state index < -0.39 is 17.6 Å². The van der Waals surface area contributed by atoms with Crippen LogP contribution in [0, 0.1) is 11.6 Å². The Balaban J connectivity index is 2.40. The fraction of sp³-hybridized carbons (Fsp3) is 0.462. The summed E-state index contributed by atoms with van der Waals surface area (Å²) in [4.78, 5) is 12.9. The quantitative estimate of drug-likeness (QED) is 0.883. The molecule has 0 aromatic heterocycles. The molecule has 0 unspecified atom stereocenters. The van der Waals surface area contributed by atoms with Crippen molar-refractivity contribution in [3.05, 3.63) is 29.3 Å². The van der Waals surface area contributed by atoms with Crippen LogP contribution >= 0.6 is 0 Å². The summed E-state index contributed by atoms with van der Waals surface area (Å²) in [6.45, 7) is 1.37. The van der Waals surface area contributed by atoms with Crippen molar-refractivity contribution in [2.24, 2.45) is 0 Å². The molecule has 1 aromatic carbocycles. The summed E-state index contributed by atoms with van der Waals surface area (Å²) in [5, 5.41) is 9.07. The number of aromatic carboxylic acids is 1. The van der Waals surface area contributed by atoms with Crippen molar-refractivity contribution in [3.8, 4) is 0 Å². The monoisotopic (exact) mass is 255 g/mol. The van der Waals surface area contributed by atoms with Gasteiger partial charge in [-0.3, -0.25) is 0 Å². The van der Waals surface area contributed by atoms with Crippen LogP contribution in [0.3, 0.4) is 0 Å². The predicted octanol–water partition coefficient (Wildman–Crippen LogP) is 3.04. The minimum Gasteiger partial charge on any atom is -0.478 e. The third kappa shape index (κ3) is 2.60. The molecule has 0 atom stereocenters. The van der Waals surface area contributed by atoms with E-state index in [0.717, 1.165) is 37.8 Å². The van der Waals surface area contributed by atoms with Gasteiger partial charge in [0.15, 0.2) is 11.6 Å². The Morgan fingerprint density at radius 1 is 1.06 bits per heavy atom. The van der Waals surface area contributed by atoms with Crippen molar-refractivity contribution < 1.29 is 18.7 Å². The molecule has 1 aromatic rings. The van der Waals surface area contributed by atoms with Crippen LogP contribution in [0.15, 0.2) is 12.1 Å². The third-order valence-corrected chi connectivity index (χ3v) is 3.22. The van der Waals surface area contributed by atoms with Crippen molar-refractivity contribution in [1.82, 2.24) is 0 Å². The van der Waals surface area contributed by atoms with E-state index >= 15 is 0 Å². The molecular formula is C13H15F2NO2. The highest BCUT2D eigenvalue weighted by Crippen LogP contribution is 2.26. The second kappa shape index (κ2) is 5.33. The van der Waals surface area contributed by atoms with Crippen molar-refractivity contribution in [2.75, 3.05) is 18.0 Å². The van der Waals surface area contributed by atoms with Gasteiger partial charge in [-0.1, -0.05) is 12.8 Å². The number of nitrogens with zero attached hydrogens (tertiary/aromatic N) is 1. The maximum atomic E-state index is 13.3. The van der Waals surface area contributed by atoms with Crippen LogP contribution in [0.4, 0.5) is 14.5 Å². The van der Waals surface area contributed by atoms with E-state index in [-0.39, 0.29) is 11.3 Å². The molecule has 0 aliphatic carbocycles. The Labute approximate surface area is 104 Å². The second-order valence-electron chi connectivity index (χ2n) is 4.49. The topological polar surface area (TPSA) is 40.5 Å². The number of halogens is 2. The van der Waals surface area contributed by atoms with E-state index in [2.05, 4.69) is 0 Å². The lowest BCUT2D eigenvalue weighted by Crippen LogP contribution is -2.26. The Kier molecular flexibility index (Phi) is 3.79. The van der Waals surface area contributed by atoms with E-state index in [4.69, 9.17) is 5.11 Å². The Bertz CT molecular complexity index is 455. The number of hydrogen-bond donors (Lipinski definition) is 1. The smallest absolute Gasteiger partial charge is 0.337 e. The highest BCUT2D eigenvalue weighted by molar-refractivity contribution is 5.94. The molecule has 1 N–H and O–H groups in total. The number of rotatable bonds is 2. The van der Waals surface area contributed by atoms with E-state index in [1.54, 1.807) is 0 Å². The first-order valence-electron chi connectivity index (χ1n) is 6.07. The van der Waals surface area contributed by atoms with Crippen molar-refractivity contribution in [2.45, 2.75) is 25.7 Å². The van der Waals surface area contributed by atoms with Crippen LogP contribution in [0.2, 0.25) is 0 Å². The van der Waals surface area contributed by atoms with Gasteiger partial charge < -0.3 is 10.0 Å². The minimum absolute atomic E-state index is 0.171. The second-order valence-corrected chi connectivity index (χ2v) is 4.49. The lowest BCUT2D eigenvalue weighted by molar-refractivity contribution is 0.0697. The molecule has 98 valence electrons. The third-order valence-electron chi connectivity index (χ3n) is 3.22. The molecule has 1 aliphatic rings. The van der Waals surface area contributed by atoms with Crippen LogP contribution in [-0.2, 0) is 0 Å². The molecule has 2 rings (SSSR count). The van der Waals surface area contributed by atoms with Crippen molar-refractivity contribution in [1.29, 1.82) is 0 Å². The number of carboxylic acid groups (broad SMARTS) is 1. The first kappa shape index (κ1) is 12.8. The highest BCUT2D eigenvalue weighted by atomic mass is 19.2. The van der Waals surface area contributed by atoms with Gasteiger partial charge in [-0.15, -0.1) is 0 Å². The van der Waals surface area contributed by atoms with Crippen molar-refractivity contribution in [3.63, 3.8) is 0 Å². The molecule has 18 heavy (non-hydrogen) atoms. The number of anilines is 1. The van der Waals surface area contributed by atoms with Crippen LogP contribution in [0.5, 0.6) is 0 Å². The van der Waals surface area contributed by atoms with E-state index in [9.17, 15) is 13.6 Å². The van der Waals surface area contributed by atoms with Crippen molar-refractivity contribution >= 4 is 11.7 Å². The molecule has 0 radical (unpaired) electrons. The Morgan fingerprint density at radius 2 is 1.61 bits per heavy atom. The van der Waals surface area contributed by atoms with Gasteiger partial charge >= 0.3 is 5.97 Å². The van der Waals surface area contributed by atoms with Crippen LogP contribution < -0.4 is 4.90 Å². The number of benzene rings is 1. The lowest BCUT2D eigenvalue weighted by Gasteiger charge is -2.24. The van der Waals surface area contributed by atoms with Gasteiger partial charge in [-0.2, -0.15) is 0 Å². The first-order valence-corrected chi connectivity index (χ1v) is 6.07. The minimum atomic E-state index is -1.23. The van der Waals surface area contributed by atoms with Gasteiger partial charge in [0.1, 0.15) is 0 Å². The molecule has 0 bridgehead atoms. The summed E-state index contributed by atoms with van der Waals surface area (Å²) in [6.07, 6.45) is 4.06. The summed E-state index contributed by atoms with van der Waals surface area (Å²) >= 11 is 0. The maximum Gasteiger partial charge on any atom is 0.337 e. The molecule has 5 heteroatoms. The first-order chi connectivity index (χ1) is 8.59. The highest BCUT2D eigenvalue weighted by Gasteiger charge is 2.20. The fourth-order valence-electron chi connectivity index (χ4n) is 2.28. The van der Waals surface area contributed by atoms with Gasteiger partial charge in [0.25, 0.3) is 0 Å². The average Bonchev–Trinajstić information content (AvgIpc) is 2.60. The molecule has 1 aliphatic heterocycles. The van der Waals surface area contributed by atoms with Gasteiger partial charge in [0, 0.05) is 19.2 Å². The zero-order valence-corrected chi connectivity index (χ0v) is 9.96. The summed E-state index contributed by atoms with van der Waals surface area (Å²) in [5.41, 5.74) is 0.110. The van der Waals surface area contributed by atoms with Gasteiger partial charge in [-0.05, 0) is 18.9 Å². The summed E-state index contributed by atoms with van der Waals surface area (Å²) in [6, 6.07) is 1.75. The van der Waals surface area contributed by atoms with Gasteiger partial charge in [0.2, 0.25) is 0 Å². The molecule has 1 fully saturated rings. The lowest BCUT2D eigenvalue weighted by atomic mass is 10.1. The molecule has 1 saturated heterocycles. The number of carbonyl (C=O) groups is 1. The zero-order chi connectivity index (χ0) is 13.1. The van der Waals surface area contributed by atoms with E-state index in [0.29, 0.717) is 13.1 Å². The van der Waals surface area contributed by atoms with E-state index in [1.807, 2.05) is 4.90 Å². The molecule has 0 spiro atoms. The molecule has 3 nitrogen and oxygen atoms in total. The number of hydrogen-bond acceptors (Lipinski definition) is 2. The maximum absolute atomic E-state index is 13.3. The molecule has 0 amide bonds. The van der Waals surface area contributed by atoms with Gasteiger partial charge in [0.05, 0.1) is 11.3 Å². The average molecular weight is 255 g/mol. The van der Waals surface area contributed by atoms with Crippen LogP contribution in [0.25, 0.3) is 0 Å². The Morgan fingerprint density at radius 3 is 2.17 bits per heavy atom. The fourth-order valence-corrected chi connectivity index (χ4v) is 2.28. The standard InChI is InChI=1S/C13H15F2NO2/c14-10-7-9(13(17)18)12(8-11(10)15)16-5-3-1-2-4-6-16/h7-8H,1-6H2,(H,17,18). The van der Waals surface area contributed by atoms with Gasteiger partial charge in [-0.25, -0.2) is 13.6 Å². The normalized spacial score (nSPS) is 16.4. The zero-order valence-electron chi connectivity index (χ0n) is 9.96.